The van der Waals surface area contributed by atoms with Crippen molar-refractivity contribution in [3.63, 3.8) is 0 Å². The van der Waals surface area contributed by atoms with Crippen molar-refractivity contribution < 1.29 is 0 Å². The monoisotopic (exact) mass is 791 g/mol. The van der Waals surface area contributed by atoms with Crippen LogP contribution in [0.2, 0.25) is 0 Å². The molecule has 0 fully saturated rings. The van der Waals surface area contributed by atoms with Crippen LogP contribution >= 0.6 is 0 Å². The van der Waals surface area contributed by atoms with Gasteiger partial charge in [-0.25, -0.2) is 0 Å². The van der Waals surface area contributed by atoms with E-state index in [4.69, 9.17) is 0 Å². The molecule has 0 bridgehead atoms. The normalized spacial score (nSPS) is 12.5. The third-order valence-electron chi connectivity index (χ3n) is 12.9. The molecule has 1 nitrogen and oxygen atoms in total. The summed E-state index contributed by atoms with van der Waals surface area (Å²) < 4.78 is 0. The van der Waals surface area contributed by atoms with Crippen LogP contribution in [0.5, 0.6) is 0 Å². The fourth-order valence-electron chi connectivity index (χ4n) is 9.84. The van der Waals surface area contributed by atoms with E-state index in [1.165, 1.54) is 88.7 Å². The third-order valence-corrected chi connectivity index (χ3v) is 12.9. The zero-order valence-corrected chi connectivity index (χ0v) is 35.0. The molecule has 1 heteroatoms. The van der Waals surface area contributed by atoms with Crippen molar-refractivity contribution in [2.45, 2.75) is 19.3 Å². The van der Waals surface area contributed by atoms with Gasteiger partial charge in [-0.1, -0.05) is 208 Å². The zero-order chi connectivity index (χ0) is 41.6. The van der Waals surface area contributed by atoms with Gasteiger partial charge in [0.25, 0.3) is 0 Å². The van der Waals surface area contributed by atoms with E-state index in [0.717, 1.165) is 17.1 Å². The molecule has 62 heavy (non-hydrogen) atoms. The van der Waals surface area contributed by atoms with E-state index >= 15 is 0 Å². The van der Waals surface area contributed by atoms with Gasteiger partial charge in [0, 0.05) is 22.4 Å². The van der Waals surface area contributed by atoms with Gasteiger partial charge >= 0.3 is 0 Å². The summed E-state index contributed by atoms with van der Waals surface area (Å²) in [5.41, 5.74) is 20.7. The van der Waals surface area contributed by atoms with E-state index in [0.29, 0.717) is 0 Å². The molecule has 10 aromatic rings. The van der Waals surface area contributed by atoms with Crippen molar-refractivity contribution in [3.05, 3.63) is 248 Å². The van der Waals surface area contributed by atoms with E-state index < -0.39 is 0 Å². The molecule has 0 atom stereocenters. The minimum atomic E-state index is -0.102. The maximum Gasteiger partial charge on any atom is 0.0540 e. The highest BCUT2D eigenvalue weighted by Gasteiger charge is 2.37. The molecular formula is C61H45N. The second-order valence-electron chi connectivity index (χ2n) is 16.9. The summed E-state index contributed by atoms with van der Waals surface area (Å²) in [5.74, 6) is 0. The molecule has 11 rings (SSSR count). The summed E-state index contributed by atoms with van der Waals surface area (Å²) in [4.78, 5) is 2.42. The first-order valence-electron chi connectivity index (χ1n) is 21.6. The summed E-state index contributed by atoms with van der Waals surface area (Å²) >= 11 is 0. The Morgan fingerprint density at radius 2 is 0.774 bits per heavy atom. The first-order chi connectivity index (χ1) is 30.5. The molecule has 0 radical (unpaired) electrons. The Bertz CT molecular complexity index is 3250. The van der Waals surface area contributed by atoms with E-state index in [-0.39, 0.29) is 5.41 Å². The van der Waals surface area contributed by atoms with E-state index in [1.807, 2.05) is 0 Å². The van der Waals surface area contributed by atoms with Crippen molar-refractivity contribution in [2.75, 3.05) is 4.90 Å². The largest absolute Gasteiger partial charge is 0.310 e. The topological polar surface area (TPSA) is 3.24 Å². The summed E-state index contributed by atoms with van der Waals surface area (Å²) in [6.07, 6.45) is 0. The molecule has 294 valence electrons. The summed E-state index contributed by atoms with van der Waals surface area (Å²) in [6.45, 7) is 4.73. The SMILES string of the molecule is CC1(C)c2ccccc2-c2cccc(-c3ccc(N(c4ccc(-c5cccc(-c6ccc7ccccc7c6)c5)cc4)c4ccccc4-c4ccccc4-c4ccccc4)cc3)c21. The van der Waals surface area contributed by atoms with Crippen molar-refractivity contribution in [3.8, 4) is 66.8 Å². The molecule has 0 aromatic heterocycles. The van der Waals surface area contributed by atoms with Crippen LogP contribution in [0, 0.1) is 0 Å². The maximum atomic E-state index is 2.42. The molecule has 1 aliphatic rings. The molecule has 0 amide bonds. The van der Waals surface area contributed by atoms with Crippen LogP contribution in [-0.2, 0) is 5.41 Å². The number of para-hydroxylation sites is 1. The predicted molar refractivity (Wildman–Crippen MR) is 263 cm³/mol. The number of hydrogen-bond donors (Lipinski definition) is 0. The summed E-state index contributed by atoms with van der Waals surface area (Å²) in [6, 6.07) is 86.5. The fourth-order valence-corrected chi connectivity index (χ4v) is 9.84. The Balaban J connectivity index is 1.02. The maximum absolute atomic E-state index is 2.42. The Kier molecular flexibility index (Phi) is 9.24. The first-order valence-corrected chi connectivity index (χ1v) is 21.6. The lowest BCUT2D eigenvalue weighted by molar-refractivity contribution is 0.662. The molecule has 0 heterocycles. The average Bonchev–Trinajstić information content (AvgIpc) is 3.58. The molecule has 1 aliphatic carbocycles. The molecule has 10 aromatic carbocycles. The Morgan fingerprint density at radius 3 is 1.53 bits per heavy atom. The summed E-state index contributed by atoms with van der Waals surface area (Å²) in [5, 5.41) is 2.51. The molecule has 0 saturated heterocycles. The number of benzene rings is 10. The molecule has 0 N–H and O–H groups in total. The number of rotatable bonds is 8. The predicted octanol–water partition coefficient (Wildman–Crippen LogP) is 17.0. The van der Waals surface area contributed by atoms with E-state index in [9.17, 15) is 0 Å². The lowest BCUT2D eigenvalue weighted by Gasteiger charge is -2.29. The molecule has 0 aliphatic heterocycles. The van der Waals surface area contributed by atoms with Gasteiger partial charge in [0.15, 0.2) is 0 Å². The fraction of sp³-hybridized carbons (Fsp3) is 0.0492. The van der Waals surface area contributed by atoms with Crippen LogP contribution in [0.15, 0.2) is 237 Å². The highest BCUT2D eigenvalue weighted by atomic mass is 15.1. The number of nitrogens with zero attached hydrogens (tertiary/aromatic N) is 1. The van der Waals surface area contributed by atoms with Gasteiger partial charge in [0.2, 0.25) is 0 Å². The number of anilines is 3. The zero-order valence-electron chi connectivity index (χ0n) is 35.0. The minimum Gasteiger partial charge on any atom is -0.310 e. The van der Waals surface area contributed by atoms with Gasteiger partial charge in [-0.3, -0.25) is 0 Å². The molecular weight excluding hydrogens is 747 g/mol. The number of fused-ring (bicyclic) bond motifs is 4. The van der Waals surface area contributed by atoms with Crippen molar-refractivity contribution in [1.82, 2.24) is 0 Å². The van der Waals surface area contributed by atoms with Crippen LogP contribution in [-0.4, -0.2) is 0 Å². The van der Waals surface area contributed by atoms with Gasteiger partial charge in [-0.15, -0.1) is 0 Å². The van der Waals surface area contributed by atoms with Crippen LogP contribution in [0.4, 0.5) is 17.1 Å². The molecule has 0 saturated carbocycles. The van der Waals surface area contributed by atoms with E-state index in [2.05, 4.69) is 255 Å². The van der Waals surface area contributed by atoms with Gasteiger partial charge < -0.3 is 4.90 Å². The molecule has 0 spiro atoms. The van der Waals surface area contributed by atoms with Crippen LogP contribution in [0.3, 0.4) is 0 Å². The highest BCUT2D eigenvalue weighted by Crippen LogP contribution is 2.52. The van der Waals surface area contributed by atoms with Crippen molar-refractivity contribution in [2.24, 2.45) is 0 Å². The Labute approximate surface area is 364 Å². The van der Waals surface area contributed by atoms with E-state index in [1.54, 1.807) is 0 Å². The summed E-state index contributed by atoms with van der Waals surface area (Å²) in [7, 11) is 0. The standard InChI is InChI=1S/C61H45N/c1-61(2)58-28-12-10-24-55(58)57-27-15-26-53(60(57)61)45-34-38-51(39-35-45)62(59-29-13-11-25-56(59)54-23-9-8-22-52(54)44-17-4-3-5-18-44)50-36-32-43(33-37-50)47-20-14-21-48(40-47)49-31-30-42-16-6-7-19-46(42)41-49/h3-41H,1-2H3. The highest BCUT2D eigenvalue weighted by molar-refractivity contribution is 5.95. The third kappa shape index (κ3) is 6.51. The minimum absolute atomic E-state index is 0.102. The lowest BCUT2D eigenvalue weighted by Crippen LogP contribution is -2.16. The molecule has 0 unspecified atom stereocenters. The van der Waals surface area contributed by atoms with Gasteiger partial charge in [-0.05, 0) is 126 Å². The number of hydrogen-bond acceptors (Lipinski definition) is 1. The quantitative estimate of drug-likeness (QED) is 0.148. The van der Waals surface area contributed by atoms with Gasteiger partial charge in [0.05, 0.1) is 5.69 Å². The first kappa shape index (κ1) is 37.3. The van der Waals surface area contributed by atoms with Crippen molar-refractivity contribution >= 4 is 27.8 Å². The average molecular weight is 792 g/mol. The van der Waals surface area contributed by atoms with Gasteiger partial charge in [0.1, 0.15) is 0 Å². The second-order valence-corrected chi connectivity index (χ2v) is 16.9. The Morgan fingerprint density at radius 1 is 0.290 bits per heavy atom. The van der Waals surface area contributed by atoms with Crippen molar-refractivity contribution in [1.29, 1.82) is 0 Å². The Hall–Kier alpha value is -7.74. The lowest BCUT2D eigenvalue weighted by atomic mass is 9.79. The second kappa shape index (κ2) is 15.4. The van der Waals surface area contributed by atoms with Crippen LogP contribution in [0.25, 0.3) is 77.5 Å². The van der Waals surface area contributed by atoms with Gasteiger partial charge in [-0.2, -0.15) is 0 Å². The van der Waals surface area contributed by atoms with Crippen LogP contribution < -0.4 is 4.90 Å². The smallest absolute Gasteiger partial charge is 0.0540 e. The van der Waals surface area contributed by atoms with Crippen LogP contribution in [0.1, 0.15) is 25.0 Å².